The highest BCUT2D eigenvalue weighted by atomic mass is 32.2. The van der Waals surface area contributed by atoms with E-state index in [1.165, 1.54) is 11.8 Å². The first-order valence-corrected chi connectivity index (χ1v) is 6.97. The smallest absolute Gasteiger partial charge is 0.299 e. The van der Waals surface area contributed by atoms with Crippen LogP contribution in [0.15, 0.2) is 30.3 Å². The third kappa shape index (κ3) is 6.55. The Morgan fingerprint density at radius 3 is 2.00 bits per heavy atom. The van der Waals surface area contributed by atoms with Gasteiger partial charge in [0, 0.05) is 12.6 Å². The van der Waals surface area contributed by atoms with Crippen LogP contribution < -0.4 is 4.90 Å². The Kier molecular flexibility index (Phi) is 8.62. The van der Waals surface area contributed by atoms with Gasteiger partial charge in [0.1, 0.15) is 6.29 Å². The van der Waals surface area contributed by atoms with Crippen molar-refractivity contribution >= 4 is 29.2 Å². The SMILES string of the molecule is CC(=O)N(c1ccccc1)C(C=O)C(C)C.O=S(O)O. The van der Waals surface area contributed by atoms with Crippen molar-refractivity contribution in [3.63, 3.8) is 0 Å². The Hall–Kier alpha value is -1.57. The summed E-state index contributed by atoms with van der Waals surface area (Å²) in [5, 5.41) is 0. The lowest BCUT2D eigenvalue weighted by atomic mass is 10.0. The number of nitrogens with zero attached hydrogens (tertiary/aromatic N) is 1. The van der Waals surface area contributed by atoms with E-state index in [-0.39, 0.29) is 11.8 Å². The number of rotatable bonds is 4. The minimum absolute atomic E-state index is 0.0987. The molecule has 1 aromatic rings. The topological polar surface area (TPSA) is 94.9 Å². The van der Waals surface area contributed by atoms with Crippen LogP contribution in [-0.4, -0.2) is 31.5 Å². The second-order valence-electron chi connectivity index (χ2n) is 4.33. The molecule has 1 atom stereocenters. The number of hydrogen-bond donors (Lipinski definition) is 2. The monoisotopic (exact) mass is 301 g/mol. The molecule has 0 bridgehead atoms. The highest BCUT2D eigenvalue weighted by Crippen LogP contribution is 2.19. The summed E-state index contributed by atoms with van der Waals surface area (Å²) >= 11 is -2.61. The fourth-order valence-corrected chi connectivity index (χ4v) is 1.67. The predicted molar refractivity (Wildman–Crippen MR) is 77.7 cm³/mol. The largest absolute Gasteiger partial charge is 0.302 e. The van der Waals surface area contributed by atoms with Crippen LogP contribution in [0.1, 0.15) is 20.8 Å². The second kappa shape index (κ2) is 9.35. The number of anilines is 1. The van der Waals surface area contributed by atoms with Crippen LogP contribution >= 0.6 is 0 Å². The number of carbonyl (C=O) groups excluding carboxylic acids is 2. The molecule has 1 unspecified atom stereocenters. The number of carbonyl (C=O) groups is 2. The Bertz CT molecular complexity index is 445. The first-order chi connectivity index (χ1) is 9.31. The molecule has 1 amide bonds. The van der Waals surface area contributed by atoms with Crippen molar-refractivity contribution in [2.75, 3.05) is 4.90 Å². The van der Waals surface area contributed by atoms with E-state index in [2.05, 4.69) is 0 Å². The number of benzene rings is 1. The molecular formula is C13H19NO5S. The third-order valence-corrected chi connectivity index (χ3v) is 2.49. The van der Waals surface area contributed by atoms with Crippen molar-refractivity contribution in [2.45, 2.75) is 26.8 Å². The summed E-state index contributed by atoms with van der Waals surface area (Å²) < 4.78 is 22.8. The summed E-state index contributed by atoms with van der Waals surface area (Å²) in [6.07, 6.45) is 0.832. The first kappa shape index (κ1) is 18.4. The van der Waals surface area contributed by atoms with E-state index in [1.54, 1.807) is 0 Å². The van der Waals surface area contributed by atoms with Gasteiger partial charge in [0.2, 0.25) is 5.91 Å². The van der Waals surface area contributed by atoms with E-state index >= 15 is 0 Å². The lowest BCUT2D eigenvalue weighted by Gasteiger charge is -2.29. The molecular weight excluding hydrogens is 282 g/mol. The van der Waals surface area contributed by atoms with Gasteiger partial charge in [-0.3, -0.25) is 13.9 Å². The highest BCUT2D eigenvalue weighted by Gasteiger charge is 2.24. The van der Waals surface area contributed by atoms with Gasteiger partial charge in [-0.1, -0.05) is 32.0 Å². The van der Waals surface area contributed by atoms with Gasteiger partial charge in [0.05, 0.1) is 6.04 Å². The van der Waals surface area contributed by atoms with E-state index < -0.39 is 17.4 Å². The number of para-hydroxylation sites is 1. The van der Waals surface area contributed by atoms with Crippen molar-refractivity contribution in [3.8, 4) is 0 Å². The molecule has 2 N–H and O–H groups in total. The second-order valence-corrected chi connectivity index (χ2v) is 4.79. The maximum atomic E-state index is 11.6. The Morgan fingerprint density at radius 1 is 1.25 bits per heavy atom. The molecule has 6 nitrogen and oxygen atoms in total. The van der Waals surface area contributed by atoms with Gasteiger partial charge in [-0.15, -0.1) is 0 Å². The van der Waals surface area contributed by atoms with Gasteiger partial charge < -0.3 is 9.69 Å². The van der Waals surface area contributed by atoms with Gasteiger partial charge in [-0.05, 0) is 18.1 Å². The summed E-state index contributed by atoms with van der Waals surface area (Å²) in [6.45, 7) is 5.34. The summed E-state index contributed by atoms with van der Waals surface area (Å²) in [5.74, 6) is -0.0152. The number of hydrogen-bond acceptors (Lipinski definition) is 3. The van der Waals surface area contributed by atoms with Crippen molar-refractivity contribution < 1.29 is 22.9 Å². The van der Waals surface area contributed by atoms with Gasteiger partial charge >= 0.3 is 0 Å². The molecule has 0 saturated heterocycles. The third-order valence-electron chi connectivity index (χ3n) is 2.49. The Morgan fingerprint density at radius 2 is 1.70 bits per heavy atom. The average Bonchev–Trinajstić information content (AvgIpc) is 2.35. The fraction of sp³-hybridized carbons (Fsp3) is 0.385. The number of amides is 1. The van der Waals surface area contributed by atoms with Crippen molar-refractivity contribution in [3.05, 3.63) is 30.3 Å². The Labute approximate surface area is 120 Å². The molecule has 0 fully saturated rings. The minimum Gasteiger partial charge on any atom is -0.302 e. The van der Waals surface area contributed by atoms with Gasteiger partial charge in [0.15, 0.2) is 0 Å². The van der Waals surface area contributed by atoms with E-state index in [1.807, 2.05) is 44.2 Å². The maximum Gasteiger partial charge on any atom is 0.299 e. The van der Waals surface area contributed by atoms with Crippen LogP contribution in [0, 0.1) is 5.92 Å². The van der Waals surface area contributed by atoms with Crippen molar-refractivity contribution in [1.29, 1.82) is 0 Å². The average molecular weight is 301 g/mol. The summed E-state index contributed by atoms with van der Waals surface area (Å²) in [6, 6.07) is 8.86. The van der Waals surface area contributed by atoms with Crippen LogP contribution in [0.5, 0.6) is 0 Å². The summed E-state index contributed by atoms with van der Waals surface area (Å²) in [4.78, 5) is 24.2. The van der Waals surface area contributed by atoms with Crippen LogP contribution in [0.4, 0.5) is 5.69 Å². The molecule has 0 saturated carbocycles. The maximum absolute atomic E-state index is 11.6. The molecule has 1 rings (SSSR count). The quantitative estimate of drug-likeness (QED) is 0.654. The molecule has 0 aliphatic rings. The lowest BCUT2D eigenvalue weighted by Crippen LogP contribution is -2.43. The van der Waals surface area contributed by atoms with E-state index in [4.69, 9.17) is 13.3 Å². The van der Waals surface area contributed by atoms with Gasteiger partial charge in [0.25, 0.3) is 11.4 Å². The highest BCUT2D eigenvalue weighted by molar-refractivity contribution is 7.73. The lowest BCUT2D eigenvalue weighted by molar-refractivity contribution is -0.119. The molecule has 0 aromatic heterocycles. The van der Waals surface area contributed by atoms with Gasteiger partial charge in [-0.2, -0.15) is 4.21 Å². The zero-order valence-corrected chi connectivity index (χ0v) is 12.4. The molecule has 0 aliphatic heterocycles. The zero-order chi connectivity index (χ0) is 15.7. The molecule has 112 valence electrons. The van der Waals surface area contributed by atoms with Crippen LogP contribution in [-0.2, 0) is 21.0 Å². The molecule has 0 heterocycles. The standard InChI is InChI=1S/C13H17NO2.H2O3S/c1-10(2)13(9-15)14(11(3)16)12-7-5-4-6-8-12;1-4(2)3/h4-10,13H,1-3H3;(H2,1,2,3). The first-order valence-electron chi connectivity index (χ1n) is 5.91. The Balaban J connectivity index is 0.000000796. The number of aldehydes is 1. The summed E-state index contributed by atoms with van der Waals surface area (Å²) in [7, 11) is 0. The van der Waals surface area contributed by atoms with Crippen LogP contribution in [0.2, 0.25) is 0 Å². The van der Waals surface area contributed by atoms with Crippen molar-refractivity contribution in [1.82, 2.24) is 0 Å². The normalized spacial score (nSPS) is 11.6. The van der Waals surface area contributed by atoms with Crippen LogP contribution in [0.25, 0.3) is 0 Å². The van der Waals surface area contributed by atoms with Crippen LogP contribution in [0.3, 0.4) is 0 Å². The van der Waals surface area contributed by atoms with Crippen molar-refractivity contribution in [2.24, 2.45) is 5.92 Å². The zero-order valence-electron chi connectivity index (χ0n) is 11.6. The minimum atomic E-state index is -2.61. The molecule has 20 heavy (non-hydrogen) atoms. The van der Waals surface area contributed by atoms with E-state index in [0.717, 1.165) is 12.0 Å². The molecule has 7 heteroatoms. The molecule has 0 spiro atoms. The molecule has 1 aromatic carbocycles. The van der Waals surface area contributed by atoms with E-state index in [9.17, 15) is 9.59 Å². The van der Waals surface area contributed by atoms with Gasteiger partial charge in [-0.25, -0.2) is 0 Å². The molecule has 0 aliphatic carbocycles. The van der Waals surface area contributed by atoms with E-state index in [0.29, 0.717) is 0 Å². The summed E-state index contributed by atoms with van der Waals surface area (Å²) in [5.41, 5.74) is 0.765. The fourth-order valence-electron chi connectivity index (χ4n) is 1.67. The predicted octanol–water partition coefficient (Wildman–Crippen LogP) is 1.94. The molecule has 0 radical (unpaired) electrons.